The van der Waals surface area contributed by atoms with E-state index in [4.69, 9.17) is 7.85 Å². The number of nitrogens with zero attached hydrogens (tertiary/aromatic N) is 2. The van der Waals surface area contributed by atoms with Crippen molar-refractivity contribution in [1.29, 1.82) is 0 Å². The molecule has 2 heterocycles. The molecule has 1 aromatic carbocycles. The average Bonchev–Trinajstić information content (AvgIpc) is 2.81. The lowest BCUT2D eigenvalue weighted by molar-refractivity contribution is 0.477. The number of aromatic amines is 1. The van der Waals surface area contributed by atoms with Crippen LogP contribution < -0.4 is 0 Å². The third-order valence-corrected chi connectivity index (χ3v) is 2.83. The normalized spacial score (nSPS) is 10.9. The van der Waals surface area contributed by atoms with E-state index >= 15 is 0 Å². The van der Waals surface area contributed by atoms with Crippen LogP contribution in [0.3, 0.4) is 0 Å². The molecule has 0 bridgehead atoms. The lowest BCUT2D eigenvalue weighted by Crippen LogP contribution is -1.88. The van der Waals surface area contributed by atoms with Gasteiger partial charge >= 0.3 is 0 Å². The van der Waals surface area contributed by atoms with E-state index in [1.54, 1.807) is 12.1 Å². The van der Waals surface area contributed by atoms with Gasteiger partial charge in [0.2, 0.25) is 0 Å². The third kappa shape index (κ3) is 1.74. The molecule has 3 rings (SSSR count). The number of phenolic OH excluding ortho intramolecular Hbond substituents is 1. The summed E-state index contributed by atoms with van der Waals surface area (Å²) < 4.78 is 0. The minimum Gasteiger partial charge on any atom is -0.507 e. The van der Waals surface area contributed by atoms with Gasteiger partial charge in [0.1, 0.15) is 5.75 Å². The second-order valence-corrected chi connectivity index (χ2v) is 4.05. The molecule has 0 saturated heterocycles. The van der Waals surface area contributed by atoms with E-state index in [0.717, 1.165) is 11.1 Å². The SMILES string of the molecule is [B]Cc1cc2cc(-c3ccccc3O)nnc2[nH]1. The first-order valence-electron chi connectivity index (χ1n) is 5.61. The summed E-state index contributed by atoms with van der Waals surface area (Å²) in [6.45, 7) is 0. The number of para-hydroxylation sites is 1. The molecule has 2 aromatic heterocycles. The summed E-state index contributed by atoms with van der Waals surface area (Å²) in [4.78, 5) is 3.08. The minimum absolute atomic E-state index is 0.195. The lowest BCUT2D eigenvalue weighted by Gasteiger charge is -2.02. The first kappa shape index (κ1) is 10.8. The summed E-state index contributed by atoms with van der Waals surface area (Å²) in [5.41, 5.74) is 2.92. The fourth-order valence-corrected chi connectivity index (χ4v) is 1.92. The van der Waals surface area contributed by atoms with Crippen LogP contribution in [-0.2, 0) is 6.32 Å². The molecule has 0 unspecified atom stereocenters. The number of hydrogen-bond acceptors (Lipinski definition) is 3. The van der Waals surface area contributed by atoms with E-state index in [2.05, 4.69) is 15.2 Å². The quantitative estimate of drug-likeness (QED) is 0.667. The van der Waals surface area contributed by atoms with Gasteiger partial charge in [-0.1, -0.05) is 12.1 Å². The van der Waals surface area contributed by atoms with E-state index in [0.29, 0.717) is 23.2 Å². The smallest absolute Gasteiger partial charge is 0.160 e. The Bertz CT molecular complexity index is 708. The topological polar surface area (TPSA) is 61.8 Å². The fraction of sp³-hybridized carbons (Fsp3) is 0.0769. The summed E-state index contributed by atoms with van der Waals surface area (Å²) in [5.74, 6) is 0.195. The van der Waals surface area contributed by atoms with Crippen LogP contribution in [-0.4, -0.2) is 28.1 Å². The van der Waals surface area contributed by atoms with Gasteiger partial charge in [-0.05, 0) is 30.6 Å². The zero-order chi connectivity index (χ0) is 12.5. The van der Waals surface area contributed by atoms with Gasteiger partial charge in [-0.25, -0.2) is 0 Å². The molecular formula is C13H10BN3O. The van der Waals surface area contributed by atoms with Gasteiger partial charge in [0.05, 0.1) is 13.5 Å². The van der Waals surface area contributed by atoms with E-state index in [-0.39, 0.29) is 5.75 Å². The molecule has 2 N–H and O–H groups in total. The minimum atomic E-state index is 0.195. The maximum Gasteiger partial charge on any atom is 0.160 e. The fourth-order valence-electron chi connectivity index (χ4n) is 1.92. The summed E-state index contributed by atoms with van der Waals surface area (Å²) in [7, 11) is 5.57. The highest BCUT2D eigenvalue weighted by Crippen LogP contribution is 2.28. The monoisotopic (exact) mass is 235 g/mol. The molecule has 0 atom stereocenters. The molecule has 0 saturated carbocycles. The summed E-state index contributed by atoms with van der Waals surface area (Å²) in [6, 6.07) is 10.9. The second kappa shape index (κ2) is 4.18. The number of fused-ring (bicyclic) bond motifs is 1. The standard InChI is InChI=1S/C13H10BN3O/c14-7-9-5-8-6-11(16-17-13(8)15-9)10-3-1-2-4-12(10)18/h1-6,18H,7H2,(H,15,17). The molecule has 18 heavy (non-hydrogen) atoms. The molecule has 4 nitrogen and oxygen atoms in total. The highest BCUT2D eigenvalue weighted by molar-refractivity contribution is 6.08. The molecule has 0 spiro atoms. The molecular weight excluding hydrogens is 225 g/mol. The Balaban J connectivity index is 2.16. The number of aromatic hydroxyl groups is 1. The number of hydrogen-bond donors (Lipinski definition) is 2. The summed E-state index contributed by atoms with van der Waals surface area (Å²) in [5, 5.41) is 18.9. The Morgan fingerprint density at radius 2 is 2.00 bits per heavy atom. The van der Waals surface area contributed by atoms with E-state index in [1.165, 1.54) is 0 Å². The summed E-state index contributed by atoms with van der Waals surface area (Å²) in [6.07, 6.45) is 0.433. The van der Waals surface area contributed by atoms with Gasteiger partial charge in [0.15, 0.2) is 5.65 Å². The predicted octanol–water partition coefficient (Wildman–Crippen LogP) is 2.00. The number of aromatic nitrogens is 3. The van der Waals surface area contributed by atoms with Gasteiger partial charge in [0, 0.05) is 16.6 Å². The Kier molecular flexibility index (Phi) is 2.52. The highest BCUT2D eigenvalue weighted by Gasteiger charge is 2.08. The predicted molar refractivity (Wildman–Crippen MR) is 70.4 cm³/mol. The Hall–Kier alpha value is -2.30. The van der Waals surface area contributed by atoms with Crippen molar-refractivity contribution < 1.29 is 5.11 Å². The van der Waals surface area contributed by atoms with Gasteiger partial charge in [0.25, 0.3) is 0 Å². The molecule has 0 aliphatic carbocycles. The Morgan fingerprint density at radius 3 is 2.78 bits per heavy atom. The Morgan fingerprint density at radius 1 is 1.17 bits per heavy atom. The number of nitrogens with one attached hydrogen (secondary N) is 1. The maximum absolute atomic E-state index is 9.79. The highest BCUT2D eigenvalue weighted by atomic mass is 16.3. The van der Waals surface area contributed by atoms with E-state index in [9.17, 15) is 5.11 Å². The van der Waals surface area contributed by atoms with Crippen LogP contribution in [0.25, 0.3) is 22.3 Å². The van der Waals surface area contributed by atoms with Crippen molar-refractivity contribution in [2.24, 2.45) is 0 Å². The lowest BCUT2D eigenvalue weighted by atomic mass is 10.0. The van der Waals surface area contributed by atoms with Crippen LogP contribution in [0, 0.1) is 0 Å². The summed E-state index contributed by atoms with van der Waals surface area (Å²) >= 11 is 0. The van der Waals surface area contributed by atoms with E-state index < -0.39 is 0 Å². The van der Waals surface area contributed by atoms with E-state index in [1.807, 2.05) is 24.3 Å². The zero-order valence-corrected chi connectivity index (χ0v) is 9.59. The van der Waals surface area contributed by atoms with Crippen molar-refractivity contribution in [3.05, 3.63) is 42.1 Å². The van der Waals surface area contributed by atoms with Crippen molar-refractivity contribution in [3.8, 4) is 17.0 Å². The molecule has 0 fully saturated rings. The van der Waals surface area contributed by atoms with Crippen LogP contribution in [0.1, 0.15) is 5.69 Å². The molecule has 0 amide bonds. The largest absolute Gasteiger partial charge is 0.507 e. The third-order valence-electron chi connectivity index (χ3n) is 2.83. The van der Waals surface area contributed by atoms with Crippen molar-refractivity contribution in [2.45, 2.75) is 6.32 Å². The number of rotatable bonds is 2. The Labute approximate surface area is 105 Å². The molecule has 0 aliphatic heterocycles. The molecule has 86 valence electrons. The van der Waals surface area contributed by atoms with Gasteiger partial charge < -0.3 is 10.1 Å². The molecule has 3 aromatic rings. The van der Waals surface area contributed by atoms with Gasteiger partial charge in [-0.15, -0.1) is 10.2 Å². The molecule has 5 heteroatoms. The van der Waals surface area contributed by atoms with Crippen molar-refractivity contribution >= 4 is 18.9 Å². The van der Waals surface area contributed by atoms with Gasteiger partial charge in [-0.3, -0.25) is 0 Å². The van der Waals surface area contributed by atoms with Crippen molar-refractivity contribution in [2.75, 3.05) is 0 Å². The van der Waals surface area contributed by atoms with Crippen LogP contribution in [0.5, 0.6) is 5.75 Å². The van der Waals surface area contributed by atoms with Crippen molar-refractivity contribution in [1.82, 2.24) is 15.2 Å². The average molecular weight is 235 g/mol. The number of benzene rings is 1. The second-order valence-electron chi connectivity index (χ2n) is 4.05. The van der Waals surface area contributed by atoms with Crippen LogP contribution >= 0.6 is 0 Å². The first-order valence-corrected chi connectivity index (χ1v) is 5.61. The van der Waals surface area contributed by atoms with Gasteiger partial charge in [-0.2, -0.15) is 0 Å². The molecule has 2 radical (unpaired) electrons. The van der Waals surface area contributed by atoms with Crippen LogP contribution in [0.15, 0.2) is 36.4 Å². The van der Waals surface area contributed by atoms with Crippen LogP contribution in [0.4, 0.5) is 0 Å². The van der Waals surface area contributed by atoms with Crippen molar-refractivity contribution in [3.63, 3.8) is 0 Å². The van der Waals surface area contributed by atoms with Crippen LogP contribution in [0.2, 0.25) is 0 Å². The zero-order valence-electron chi connectivity index (χ0n) is 9.59. The maximum atomic E-state index is 9.79. The number of H-pyrrole nitrogens is 1. The first-order chi connectivity index (χ1) is 8.78. The number of phenols is 1. The molecule has 0 aliphatic rings.